The van der Waals surface area contributed by atoms with E-state index in [4.69, 9.17) is 0 Å². The number of rotatable bonds is 2. The molecule has 82 valence electrons. The number of piperidine rings is 1. The summed E-state index contributed by atoms with van der Waals surface area (Å²) in [6, 6.07) is 0. The number of hydrogen-bond acceptors (Lipinski definition) is 3. The molecule has 2 rings (SSSR count). The highest BCUT2D eigenvalue weighted by atomic mass is 15.2. The lowest BCUT2D eigenvalue weighted by atomic mass is 10.1. The molecule has 0 aliphatic carbocycles. The van der Waals surface area contributed by atoms with Crippen molar-refractivity contribution in [3.8, 4) is 0 Å². The van der Waals surface area contributed by atoms with Gasteiger partial charge in [-0.2, -0.15) is 0 Å². The minimum absolute atomic E-state index is 0.466. The maximum absolute atomic E-state index is 4.49. The molecular formula is C12H19N3. The maximum atomic E-state index is 4.49. The van der Waals surface area contributed by atoms with Gasteiger partial charge >= 0.3 is 0 Å². The molecular weight excluding hydrogens is 186 g/mol. The summed E-state index contributed by atoms with van der Waals surface area (Å²) >= 11 is 0. The van der Waals surface area contributed by atoms with E-state index in [1.165, 1.54) is 19.3 Å². The standard InChI is InChI=1S/C12H19N3/c1-10(2)11-8-14-12(9-13-11)15-6-4-3-5-7-15/h8-10H,3-7H2,1-2H3. The molecule has 0 radical (unpaired) electrons. The van der Waals surface area contributed by atoms with Crippen LogP contribution < -0.4 is 4.90 Å². The van der Waals surface area contributed by atoms with Crippen molar-refractivity contribution < 1.29 is 0 Å². The fourth-order valence-corrected chi connectivity index (χ4v) is 1.92. The highest BCUT2D eigenvalue weighted by molar-refractivity contribution is 5.36. The van der Waals surface area contributed by atoms with Crippen molar-refractivity contribution in [3.05, 3.63) is 18.1 Å². The molecule has 1 saturated heterocycles. The molecule has 0 atom stereocenters. The van der Waals surface area contributed by atoms with Crippen LogP contribution in [-0.2, 0) is 0 Å². The molecule has 3 nitrogen and oxygen atoms in total. The lowest BCUT2D eigenvalue weighted by Gasteiger charge is -2.27. The predicted octanol–water partition coefficient (Wildman–Crippen LogP) is 2.59. The average Bonchev–Trinajstić information content (AvgIpc) is 2.30. The van der Waals surface area contributed by atoms with Gasteiger partial charge in [-0.15, -0.1) is 0 Å². The normalized spacial score (nSPS) is 17.1. The second-order valence-electron chi connectivity index (χ2n) is 4.50. The molecule has 1 fully saturated rings. The van der Waals surface area contributed by atoms with Gasteiger partial charge in [0.15, 0.2) is 0 Å². The van der Waals surface area contributed by atoms with Gasteiger partial charge in [-0.25, -0.2) is 4.98 Å². The summed E-state index contributed by atoms with van der Waals surface area (Å²) < 4.78 is 0. The molecule has 0 unspecified atom stereocenters. The Kier molecular flexibility index (Phi) is 3.19. The second-order valence-corrected chi connectivity index (χ2v) is 4.50. The van der Waals surface area contributed by atoms with Crippen molar-refractivity contribution in [2.45, 2.75) is 39.0 Å². The summed E-state index contributed by atoms with van der Waals surface area (Å²) in [6.45, 7) is 6.56. The molecule has 0 amide bonds. The fourth-order valence-electron chi connectivity index (χ4n) is 1.92. The fraction of sp³-hybridized carbons (Fsp3) is 0.667. The van der Waals surface area contributed by atoms with Gasteiger partial charge in [-0.05, 0) is 25.2 Å². The summed E-state index contributed by atoms with van der Waals surface area (Å²) in [6.07, 6.45) is 7.75. The van der Waals surface area contributed by atoms with E-state index in [-0.39, 0.29) is 0 Å². The van der Waals surface area contributed by atoms with Crippen LogP contribution in [0, 0.1) is 0 Å². The smallest absolute Gasteiger partial charge is 0.147 e. The Morgan fingerprint density at radius 2 is 1.80 bits per heavy atom. The number of hydrogen-bond donors (Lipinski definition) is 0. The van der Waals surface area contributed by atoms with E-state index in [0.29, 0.717) is 5.92 Å². The third-order valence-electron chi connectivity index (χ3n) is 2.93. The van der Waals surface area contributed by atoms with E-state index in [0.717, 1.165) is 24.6 Å². The van der Waals surface area contributed by atoms with Gasteiger partial charge < -0.3 is 4.90 Å². The quantitative estimate of drug-likeness (QED) is 0.743. The first-order valence-electron chi connectivity index (χ1n) is 5.84. The molecule has 0 saturated carbocycles. The van der Waals surface area contributed by atoms with Crippen molar-refractivity contribution in [1.82, 2.24) is 9.97 Å². The lowest BCUT2D eigenvalue weighted by molar-refractivity contribution is 0.572. The lowest BCUT2D eigenvalue weighted by Crippen LogP contribution is -2.30. The van der Waals surface area contributed by atoms with Crippen molar-refractivity contribution >= 4 is 5.82 Å². The van der Waals surface area contributed by atoms with Crippen LogP contribution in [0.1, 0.15) is 44.7 Å². The zero-order valence-electron chi connectivity index (χ0n) is 9.61. The molecule has 3 heteroatoms. The summed E-state index contributed by atoms with van der Waals surface area (Å²) in [5.41, 5.74) is 1.08. The van der Waals surface area contributed by atoms with Crippen LogP contribution in [0.2, 0.25) is 0 Å². The van der Waals surface area contributed by atoms with Crippen LogP contribution in [0.3, 0.4) is 0 Å². The van der Waals surface area contributed by atoms with E-state index in [9.17, 15) is 0 Å². The van der Waals surface area contributed by atoms with Crippen LogP contribution in [0.4, 0.5) is 5.82 Å². The van der Waals surface area contributed by atoms with E-state index < -0.39 is 0 Å². The molecule has 1 aliphatic rings. The van der Waals surface area contributed by atoms with E-state index >= 15 is 0 Å². The van der Waals surface area contributed by atoms with E-state index in [2.05, 4.69) is 28.7 Å². The third-order valence-corrected chi connectivity index (χ3v) is 2.93. The molecule has 0 bridgehead atoms. The SMILES string of the molecule is CC(C)c1cnc(N2CCCCC2)cn1. The highest BCUT2D eigenvalue weighted by Gasteiger charge is 2.12. The molecule has 1 aliphatic heterocycles. The van der Waals surface area contributed by atoms with Crippen LogP contribution in [0.5, 0.6) is 0 Å². The van der Waals surface area contributed by atoms with Gasteiger partial charge in [0.05, 0.1) is 18.1 Å². The molecule has 0 N–H and O–H groups in total. The third kappa shape index (κ3) is 2.46. The first-order valence-corrected chi connectivity index (χ1v) is 5.84. The molecule has 2 heterocycles. The van der Waals surface area contributed by atoms with E-state index in [1.807, 2.05) is 12.4 Å². The minimum atomic E-state index is 0.466. The Labute approximate surface area is 91.5 Å². The van der Waals surface area contributed by atoms with Crippen molar-refractivity contribution in [2.24, 2.45) is 0 Å². The maximum Gasteiger partial charge on any atom is 0.147 e. The first-order chi connectivity index (χ1) is 7.27. The van der Waals surface area contributed by atoms with Gasteiger partial charge in [-0.1, -0.05) is 13.8 Å². The topological polar surface area (TPSA) is 29.0 Å². The monoisotopic (exact) mass is 205 g/mol. The molecule has 0 spiro atoms. The highest BCUT2D eigenvalue weighted by Crippen LogP contribution is 2.18. The summed E-state index contributed by atoms with van der Waals surface area (Å²) in [4.78, 5) is 11.3. The molecule has 1 aromatic heterocycles. The van der Waals surface area contributed by atoms with Crippen LogP contribution in [0.25, 0.3) is 0 Å². The average molecular weight is 205 g/mol. The van der Waals surface area contributed by atoms with Crippen LogP contribution in [-0.4, -0.2) is 23.1 Å². The molecule has 1 aromatic rings. The van der Waals surface area contributed by atoms with Crippen molar-refractivity contribution in [3.63, 3.8) is 0 Å². The Hall–Kier alpha value is -1.12. The summed E-state index contributed by atoms with van der Waals surface area (Å²) in [5, 5.41) is 0. The van der Waals surface area contributed by atoms with E-state index in [1.54, 1.807) is 0 Å². The van der Waals surface area contributed by atoms with Crippen LogP contribution >= 0.6 is 0 Å². The first kappa shape index (κ1) is 10.4. The summed E-state index contributed by atoms with van der Waals surface area (Å²) in [5.74, 6) is 1.51. The zero-order chi connectivity index (χ0) is 10.7. The molecule has 15 heavy (non-hydrogen) atoms. The Balaban J connectivity index is 2.08. The zero-order valence-corrected chi connectivity index (χ0v) is 9.61. The van der Waals surface area contributed by atoms with Crippen LogP contribution in [0.15, 0.2) is 12.4 Å². The minimum Gasteiger partial charge on any atom is -0.355 e. The Morgan fingerprint density at radius 1 is 1.07 bits per heavy atom. The predicted molar refractivity (Wildman–Crippen MR) is 62.2 cm³/mol. The second kappa shape index (κ2) is 4.60. The number of anilines is 1. The van der Waals surface area contributed by atoms with Crippen molar-refractivity contribution in [2.75, 3.05) is 18.0 Å². The Bertz CT molecular complexity index is 299. The van der Waals surface area contributed by atoms with Crippen molar-refractivity contribution in [1.29, 1.82) is 0 Å². The Morgan fingerprint density at radius 3 is 2.33 bits per heavy atom. The molecule has 0 aromatic carbocycles. The number of nitrogens with zero attached hydrogens (tertiary/aromatic N) is 3. The summed E-state index contributed by atoms with van der Waals surface area (Å²) in [7, 11) is 0. The van der Waals surface area contributed by atoms with Gasteiger partial charge in [0.25, 0.3) is 0 Å². The van der Waals surface area contributed by atoms with Gasteiger partial charge in [0, 0.05) is 13.1 Å². The largest absolute Gasteiger partial charge is 0.355 e. The number of aromatic nitrogens is 2. The van der Waals surface area contributed by atoms with Gasteiger partial charge in [0.2, 0.25) is 0 Å². The van der Waals surface area contributed by atoms with Gasteiger partial charge in [-0.3, -0.25) is 4.98 Å². The van der Waals surface area contributed by atoms with Gasteiger partial charge in [0.1, 0.15) is 5.82 Å².